The van der Waals surface area contributed by atoms with E-state index in [9.17, 15) is 9.18 Å². The molecule has 0 spiro atoms. The van der Waals surface area contributed by atoms with Gasteiger partial charge in [-0.1, -0.05) is 17.7 Å². The van der Waals surface area contributed by atoms with Gasteiger partial charge in [0.15, 0.2) is 0 Å². The van der Waals surface area contributed by atoms with Crippen molar-refractivity contribution >= 4 is 29.0 Å². The van der Waals surface area contributed by atoms with Gasteiger partial charge in [0, 0.05) is 42.6 Å². The second-order valence-electron chi connectivity index (χ2n) is 5.39. The fourth-order valence-electron chi connectivity index (χ4n) is 2.59. The number of carbonyl (C=O) groups excluding carboxylic acids is 1. The molecule has 0 atom stereocenters. The molecule has 1 heterocycles. The Hall–Kier alpha value is -2.27. The van der Waals surface area contributed by atoms with Crippen molar-refractivity contribution in [3.8, 4) is 0 Å². The summed E-state index contributed by atoms with van der Waals surface area (Å²) < 4.78 is 13.1. The molecular weight excluding hydrogens is 317 g/mol. The lowest BCUT2D eigenvalue weighted by Gasteiger charge is -2.36. The highest BCUT2D eigenvalue weighted by atomic mass is 35.5. The van der Waals surface area contributed by atoms with E-state index in [1.54, 1.807) is 17.0 Å². The summed E-state index contributed by atoms with van der Waals surface area (Å²) in [5.74, 6) is -0.365. The van der Waals surface area contributed by atoms with Gasteiger partial charge in [0.1, 0.15) is 5.82 Å². The van der Waals surface area contributed by atoms with E-state index in [1.807, 2.05) is 24.3 Å². The van der Waals surface area contributed by atoms with Crippen LogP contribution in [0, 0.1) is 5.82 Å². The molecule has 23 heavy (non-hydrogen) atoms. The molecule has 1 N–H and O–H groups in total. The Morgan fingerprint density at radius 2 is 1.74 bits per heavy atom. The summed E-state index contributed by atoms with van der Waals surface area (Å²) >= 11 is 5.90. The Labute approximate surface area is 139 Å². The Morgan fingerprint density at radius 1 is 1.04 bits per heavy atom. The first-order valence-electron chi connectivity index (χ1n) is 7.44. The van der Waals surface area contributed by atoms with Gasteiger partial charge < -0.3 is 15.1 Å². The number of nitrogens with one attached hydrogen (secondary N) is 1. The van der Waals surface area contributed by atoms with Crippen molar-refractivity contribution in [3.05, 3.63) is 59.4 Å². The van der Waals surface area contributed by atoms with Crippen LogP contribution in [0.3, 0.4) is 0 Å². The first-order valence-corrected chi connectivity index (χ1v) is 7.81. The first-order chi connectivity index (χ1) is 11.1. The number of urea groups is 1. The molecule has 6 heteroatoms. The van der Waals surface area contributed by atoms with Crippen LogP contribution >= 0.6 is 11.6 Å². The molecule has 0 radical (unpaired) electrons. The molecule has 1 saturated heterocycles. The molecule has 1 aliphatic rings. The van der Waals surface area contributed by atoms with Crippen LogP contribution in [-0.2, 0) is 0 Å². The summed E-state index contributed by atoms with van der Waals surface area (Å²) in [6, 6.07) is 13.4. The Balaban J connectivity index is 1.56. The van der Waals surface area contributed by atoms with Gasteiger partial charge in [-0.05, 0) is 42.5 Å². The lowest BCUT2D eigenvalue weighted by atomic mass is 10.2. The van der Waals surface area contributed by atoms with Crippen molar-refractivity contribution in [1.29, 1.82) is 0 Å². The average molecular weight is 334 g/mol. The van der Waals surface area contributed by atoms with Crippen molar-refractivity contribution in [2.75, 3.05) is 36.4 Å². The van der Waals surface area contributed by atoms with Crippen LogP contribution in [0.4, 0.5) is 20.6 Å². The van der Waals surface area contributed by atoms with Crippen LogP contribution in [0.1, 0.15) is 0 Å². The van der Waals surface area contributed by atoms with E-state index < -0.39 is 0 Å². The lowest BCUT2D eigenvalue weighted by Crippen LogP contribution is -2.50. The van der Waals surface area contributed by atoms with Gasteiger partial charge in [-0.3, -0.25) is 0 Å². The molecule has 0 saturated carbocycles. The van der Waals surface area contributed by atoms with E-state index >= 15 is 0 Å². The van der Waals surface area contributed by atoms with E-state index in [0.29, 0.717) is 23.8 Å². The van der Waals surface area contributed by atoms with Crippen molar-refractivity contribution in [1.82, 2.24) is 4.90 Å². The topological polar surface area (TPSA) is 35.6 Å². The number of halogens is 2. The van der Waals surface area contributed by atoms with Crippen LogP contribution in [0.2, 0.25) is 5.02 Å². The monoisotopic (exact) mass is 333 g/mol. The molecule has 0 unspecified atom stereocenters. The molecule has 120 valence electrons. The van der Waals surface area contributed by atoms with Crippen LogP contribution in [0.5, 0.6) is 0 Å². The Kier molecular flexibility index (Phi) is 4.67. The Bertz CT molecular complexity index is 684. The van der Waals surface area contributed by atoms with Crippen LogP contribution in [0.15, 0.2) is 48.5 Å². The highest BCUT2D eigenvalue weighted by molar-refractivity contribution is 6.30. The molecule has 2 amide bonds. The van der Waals surface area contributed by atoms with E-state index in [4.69, 9.17) is 11.6 Å². The number of piperazine rings is 1. The Morgan fingerprint density at radius 3 is 2.39 bits per heavy atom. The van der Waals surface area contributed by atoms with Crippen LogP contribution in [-0.4, -0.2) is 37.1 Å². The van der Waals surface area contributed by atoms with Crippen molar-refractivity contribution in [2.45, 2.75) is 0 Å². The molecule has 2 aromatic rings. The van der Waals surface area contributed by atoms with Gasteiger partial charge >= 0.3 is 6.03 Å². The van der Waals surface area contributed by atoms with Gasteiger partial charge in [0.05, 0.1) is 0 Å². The zero-order valence-corrected chi connectivity index (χ0v) is 13.3. The third kappa shape index (κ3) is 3.93. The number of benzene rings is 2. The summed E-state index contributed by atoms with van der Waals surface area (Å²) in [6.07, 6.45) is 0. The maximum atomic E-state index is 13.1. The number of nitrogens with zero attached hydrogens (tertiary/aromatic N) is 2. The van der Waals surface area contributed by atoms with E-state index in [2.05, 4.69) is 10.2 Å². The number of rotatable bonds is 2. The molecule has 1 fully saturated rings. The fourth-order valence-corrected chi connectivity index (χ4v) is 2.71. The van der Waals surface area contributed by atoms with Gasteiger partial charge in [-0.25, -0.2) is 9.18 Å². The molecule has 0 aromatic heterocycles. The third-order valence-corrected chi connectivity index (χ3v) is 4.09. The predicted molar refractivity (Wildman–Crippen MR) is 90.7 cm³/mol. The van der Waals surface area contributed by atoms with Crippen LogP contribution < -0.4 is 10.2 Å². The number of amides is 2. The quantitative estimate of drug-likeness (QED) is 0.906. The minimum Gasteiger partial charge on any atom is -0.368 e. The maximum Gasteiger partial charge on any atom is 0.321 e. The molecule has 1 aliphatic heterocycles. The van der Waals surface area contributed by atoms with Crippen molar-refractivity contribution in [3.63, 3.8) is 0 Å². The number of carbonyl (C=O) groups is 1. The average Bonchev–Trinajstić information content (AvgIpc) is 2.56. The first kappa shape index (κ1) is 15.6. The lowest BCUT2D eigenvalue weighted by molar-refractivity contribution is 0.208. The highest BCUT2D eigenvalue weighted by Crippen LogP contribution is 2.20. The standard InChI is InChI=1S/C17H17ClFN3O/c18-13-4-6-16(7-5-13)21-8-10-22(11-9-21)17(23)20-15-3-1-2-14(19)12-15/h1-7,12H,8-11H2,(H,20,23). The predicted octanol–water partition coefficient (Wildman–Crippen LogP) is 3.83. The summed E-state index contributed by atoms with van der Waals surface area (Å²) in [4.78, 5) is 16.2. The zero-order valence-electron chi connectivity index (χ0n) is 12.5. The van der Waals surface area contributed by atoms with Gasteiger partial charge in [0.2, 0.25) is 0 Å². The minimum atomic E-state index is -0.365. The fraction of sp³-hybridized carbons (Fsp3) is 0.235. The number of hydrogen-bond donors (Lipinski definition) is 1. The zero-order chi connectivity index (χ0) is 16.2. The smallest absolute Gasteiger partial charge is 0.321 e. The molecule has 2 aromatic carbocycles. The SMILES string of the molecule is O=C(Nc1cccc(F)c1)N1CCN(c2ccc(Cl)cc2)CC1. The second-order valence-corrected chi connectivity index (χ2v) is 5.83. The largest absolute Gasteiger partial charge is 0.368 e. The van der Waals surface area contributed by atoms with Gasteiger partial charge in [0.25, 0.3) is 0 Å². The normalized spacial score (nSPS) is 14.7. The van der Waals surface area contributed by atoms with E-state index in [-0.39, 0.29) is 11.8 Å². The van der Waals surface area contributed by atoms with E-state index in [0.717, 1.165) is 18.8 Å². The molecular formula is C17H17ClFN3O. The molecule has 3 rings (SSSR count). The summed E-state index contributed by atoms with van der Waals surface area (Å²) in [6.45, 7) is 2.73. The molecule has 4 nitrogen and oxygen atoms in total. The highest BCUT2D eigenvalue weighted by Gasteiger charge is 2.21. The second kappa shape index (κ2) is 6.87. The number of hydrogen-bond acceptors (Lipinski definition) is 2. The third-order valence-electron chi connectivity index (χ3n) is 3.83. The minimum absolute atomic E-state index is 0.202. The van der Waals surface area contributed by atoms with E-state index in [1.165, 1.54) is 12.1 Å². The molecule has 0 aliphatic carbocycles. The van der Waals surface area contributed by atoms with Gasteiger partial charge in [-0.2, -0.15) is 0 Å². The summed E-state index contributed by atoms with van der Waals surface area (Å²) in [7, 11) is 0. The molecule has 0 bridgehead atoms. The maximum absolute atomic E-state index is 13.1. The number of anilines is 2. The van der Waals surface area contributed by atoms with Crippen molar-refractivity contribution in [2.24, 2.45) is 0 Å². The van der Waals surface area contributed by atoms with Gasteiger partial charge in [-0.15, -0.1) is 0 Å². The van der Waals surface area contributed by atoms with Crippen molar-refractivity contribution < 1.29 is 9.18 Å². The van der Waals surface area contributed by atoms with Crippen LogP contribution in [0.25, 0.3) is 0 Å². The summed E-state index contributed by atoms with van der Waals surface area (Å²) in [5, 5.41) is 3.44. The summed E-state index contributed by atoms with van der Waals surface area (Å²) in [5.41, 5.74) is 1.56.